The van der Waals surface area contributed by atoms with E-state index in [0.717, 1.165) is 31.4 Å². The third-order valence-corrected chi connectivity index (χ3v) is 6.52. The number of methoxy groups -OCH3 is 1. The Balaban J connectivity index is 1.26. The van der Waals surface area contributed by atoms with E-state index in [1.165, 1.54) is 32.2 Å². The molecule has 27 heavy (non-hydrogen) atoms. The predicted octanol–water partition coefficient (Wildman–Crippen LogP) is 2.28. The second-order valence-corrected chi connectivity index (χ2v) is 8.35. The fourth-order valence-electron chi connectivity index (χ4n) is 5.22. The fraction of sp³-hybridized carbons (Fsp3) is 0.619. The van der Waals surface area contributed by atoms with Crippen LogP contribution in [0.2, 0.25) is 0 Å². The maximum absolute atomic E-state index is 5.44. The van der Waals surface area contributed by atoms with E-state index in [4.69, 9.17) is 9.26 Å². The zero-order valence-corrected chi connectivity index (χ0v) is 16.0. The van der Waals surface area contributed by atoms with Crippen molar-refractivity contribution in [3.05, 3.63) is 47.1 Å². The van der Waals surface area contributed by atoms with Crippen molar-refractivity contribution in [1.82, 2.24) is 19.9 Å². The Bertz CT molecular complexity index is 767. The van der Waals surface area contributed by atoms with Crippen LogP contribution in [0.3, 0.4) is 0 Å². The summed E-state index contributed by atoms with van der Waals surface area (Å²) in [7, 11) is 1.65. The molecule has 0 amide bonds. The Kier molecular flexibility index (Phi) is 4.71. The molecule has 4 aliphatic rings. The molecular weight excluding hydrogens is 340 g/mol. The van der Waals surface area contributed by atoms with Crippen LogP contribution in [0.1, 0.15) is 35.7 Å². The number of fused-ring (bicyclic) bond motifs is 5. The van der Waals surface area contributed by atoms with Crippen molar-refractivity contribution in [3.8, 4) is 0 Å². The first-order chi connectivity index (χ1) is 13.3. The number of hydrogen-bond donors (Lipinski definition) is 0. The van der Waals surface area contributed by atoms with Crippen LogP contribution in [-0.4, -0.2) is 58.8 Å². The van der Waals surface area contributed by atoms with Gasteiger partial charge in [-0.1, -0.05) is 29.4 Å². The first kappa shape index (κ1) is 17.3. The molecule has 1 aromatic carbocycles. The normalized spacial score (nSPS) is 26.4. The number of hydrogen-bond acceptors (Lipinski definition) is 6. The fourth-order valence-corrected chi connectivity index (χ4v) is 5.22. The lowest BCUT2D eigenvalue weighted by Crippen LogP contribution is -2.44. The van der Waals surface area contributed by atoms with Crippen molar-refractivity contribution in [2.45, 2.75) is 50.9 Å². The van der Waals surface area contributed by atoms with E-state index in [1.807, 2.05) is 0 Å². The number of rotatable bonds is 5. The summed E-state index contributed by atoms with van der Waals surface area (Å²) in [4.78, 5) is 9.81. The van der Waals surface area contributed by atoms with E-state index in [0.29, 0.717) is 24.5 Å². The number of benzene rings is 1. The summed E-state index contributed by atoms with van der Waals surface area (Å²) >= 11 is 0. The summed E-state index contributed by atoms with van der Waals surface area (Å²) in [6.07, 6.45) is 5.04. The Morgan fingerprint density at radius 3 is 2.67 bits per heavy atom. The molecule has 6 rings (SSSR count). The summed E-state index contributed by atoms with van der Waals surface area (Å²) in [5.74, 6) is 2.10. The van der Waals surface area contributed by atoms with Gasteiger partial charge in [-0.25, -0.2) is 0 Å². The minimum Gasteiger partial charge on any atom is -0.377 e. The molecule has 0 saturated carbocycles. The molecule has 1 aromatic heterocycles. The Hall–Kier alpha value is -1.76. The van der Waals surface area contributed by atoms with E-state index in [-0.39, 0.29) is 0 Å². The van der Waals surface area contributed by atoms with Gasteiger partial charge in [-0.2, -0.15) is 4.98 Å². The average Bonchev–Trinajstić information content (AvgIpc) is 3.20. The maximum atomic E-state index is 5.44. The van der Waals surface area contributed by atoms with Gasteiger partial charge in [-0.3, -0.25) is 9.80 Å². The van der Waals surface area contributed by atoms with E-state index in [1.54, 1.807) is 18.2 Å². The van der Waals surface area contributed by atoms with E-state index < -0.39 is 0 Å². The lowest BCUT2D eigenvalue weighted by molar-refractivity contribution is 0.107. The average molecular weight is 368 g/mol. The minimum atomic E-state index is 0.408. The molecular formula is C21H28N4O2. The van der Waals surface area contributed by atoms with Gasteiger partial charge >= 0.3 is 0 Å². The molecule has 0 radical (unpaired) electrons. The van der Waals surface area contributed by atoms with Crippen LogP contribution in [0.15, 0.2) is 28.8 Å². The third-order valence-electron chi connectivity index (χ3n) is 6.52. The van der Waals surface area contributed by atoms with E-state index >= 15 is 0 Å². The molecule has 0 unspecified atom stereocenters. The molecule has 6 heteroatoms. The van der Waals surface area contributed by atoms with Crippen LogP contribution in [-0.2, 0) is 30.7 Å². The maximum Gasteiger partial charge on any atom is 0.240 e. The molecule has 2 atom stereocenters. The molecule has 2 aromatic rings. The molecule has 2 bridgehead atoms. The van der Waals surface area contributed by atoms with Crippen molar-refractivity contribution in [2.24, 2.45) is 5.92 Å². The van der Waals surface area contributed by atoms with Gasteiger partial charge in [0.15, 0.2) is 5.82 Å². The zero-order chi connectivity index (χ0) is 18.2. The topological polar surface area (TPSA) is 54.6 Å². The largest absolute Gasteiger partial charge is 0.377 e. The van der Waals surface area contributed by atoms with Gasteiger partial charge in [-0.05, 0) is 42.7 Å². The number of piperidine rings is 1. The molecule has 0 N–H and O–H groups in total. The lowest BCUT2D eigenvalue weighted by atomic mass is 9.95. The first-order valence-corrected chi connectivity index (χ1v) is 10.1. The van der Waals surface area contributed by atoms with Gasteiger partial charge in [0.1, 0.15) is 6.61 Å². The summed E-state index contributed by atoms with van der Waals surface area (Å²) in [5.41, 5.74) is 3.10. The predicted molar refractivity (Wildman–Crippen MR) is 101 cm³/mol. The first-order valence-electron chi connectivity index (χ1n) is 10.1. The monoisotopic (exact) mass is 368 g/mol. The number of aromatic nitrogens is 2. The minimum absolute atomic E-state index is 0.408. The Morgan fingerprint density at radius 1 is 1.07 bits per heavy atom. The third kappa shape index (κ3) is 3.53. The second kappa shape index (κ2) is 7.34. The van der Waals surface area contributed by atoms with Gasteiger partial charge in [-0.15, -0.1) is 0 Å². The molecule has 0 spiro atoms. The Morgan fingerprint density at radius 2 is 1.89 bits per heavy atom. The van der Waals surface area contributed by atoms with Crippen LogP contribution in [0.25, 0.3) is 0 Å². The van der Waals surface area contributed by atoms with Crippen molar-refractivity contribution < 1.29 is 9.26 Å². The number of ether oxygens (including phenoxy) is 1. The zero-order valence-electron chi connectivity index (χ0n) is 16.0. The lowest BCUT2D eigenvalue weighted by Gasteiger charge is -2.35. The van der Waals surface area contributed by atoms with E-state index in [9.17, 15) is 0 Å². The van der Waals surface area contributed by atoms with Gasteiger partial charge in [0.25, 0.3) is 0 Å². The van der Waals surface area contributed by atoms with Crippen molar-refractivity contribution in [2.75, 3.05) is 26.7 Å². The number of nitrogens with zero attached hydrogens (tertiary/aromatic N) is 4. The summed E-state index contributed by atoms with van der Waals surface area (Å²) in [6, 6.07) is 10.2. The molecule has 6 nitrogen and oxygen atoms in total. The quantitative estimate of drug-likeness (QED) is 0.807. The standard InChI is InChI=1S/C21H28N4O2/c1-26-14-20-22-21(27-23-20)13-25-11-15-6-7-18(25)12-24(10-15)19-8-16-4-2-3-5-17(16)9-19/h2-5,15,18-19H,6-14H2,1H3/t15-,18+/m0/s1. The van der Waals surface area contributed by atoms with E-state index in [2.05, 4.69) is 44.2 Å². The highest BCUT2D eigenvalue weighted by Gasteiger charge is 2.38. The molecule has 3 aliphatic heterocycles. The highest BCUT2D eigenvalue weighted by atomic mass is 16.5. The molecule has 3 saturated heterocycles. The van der Waals surface area contributed by atoms with Gasteiger partial charge < -0.3 is 9.26 Å². The van der Waals surface area contributed by atoms with Crippen molar-refractivity contribution in [1.29, 1.82) is 0 Å². The highest BCUT2D eigenvalue weighted by molar-refractivity contribution is 5.33. The molecule has 3 fully saturated rings. The van der Waals surface area contributed by atoms with Gasteiger partial charge in [0, 0.05) is 38.8 Å². The highest BCUT2D eigenvalue weighted by Crippen LogP contribution is 2.33. The summed E-state index contributed by atoms with van der Waals surface area (Å²) in [5, 5.41) is 4.01. The smallest absolute Gasteiger partial charge is 0.240 e. The van der Waals surface area contributed by atoms with Crippen LogP contribution in [0.5, 0.6) is 0 Å². The molecule has 144 valence electrons. The Labute approximate surface area is 160 Å². The summed E-state index contributed by atoms with van der Waals surface area (Å²) < 4.78 is 10.5. The van der Waals surface area contributed by atoms with Crippen LogP contribution in [0, 0.1) is 5.92 Å². The van der Waals surface area contributed by atoms with Crippen LogP contribution >= 0.6 is 0 Å². The van der Waals surface area contributed by atoms with Crippen LogP contribution < -0.4 is 0 Å². The van der Waals surface area contributed by atoms with Crippen LogP contribution in [0.4, 0.5) is 0 Å². The van der Waals surface area contributed by atoms with Crippen molar-refractivity contribution >= 4 is 0 Å². The SMILES string of the molecule is COCc1noc(CN2C[C@H]3CC[C@@H]2CN(C2Cc4ccccc4C2)C3)n1. The van der Waals surface area contributed by atoms with Gasteiger partial charge in [0.05, 0.1) is 6.54 Å². The molecule has 4 heterocycles. The van der Waals surface area contributed by atoms with Crippen molar-refractivity contribution in [3.63, 3.8) is 0 Å². The van der Waals surface area contributed by atoms with Gasteiger partial charge in [0.2, 0.25) is 5.89 Å². The summed E-state index contributed by atoms with van der Waals surface area (Å²) in [6.45, 7) is 4.70. The molecule has 1 aliphatic carbocycles. The second-order valence-electron chi connectivity index (χ2n) is 8.35.